The summed E-state index contributed by atoms with van der Waals surface area (Å²) in [6, 6.07) is 6.04. The van der Waals surface area contributed by atoms with Gasteiger partial charge in [0.15, 0.2) is 6.23 Å². The molecule has 1 fully saturated rings. The van der Waals surface area contributed by atoms with Crippen molar-refractivity contribution < 1.29 is 14.3 Å². The van der Waals surface area contributed by atoms with Crippen molar-refractivity contribution in [1.29, 1.82) is 0 Å². The van der Waals surface area contributed by atoms with E-state index in [2.05, 4.69) is 10.3 Å². The van der Waals surface area contributed by atoms with Gasteiger partial charge in [0.05, 0.1) is 18.8 Å². The molecular formula is C13H15FN4O2. The first kappa shape index (κ1) is 13.2. The number of rotatable bonds is 3. The molecule has 0 bridgehead atoms. The molecule has 2 heterocycles. The Morgan fingerprint density at radius 1 is 1.40 bits per heavy atom. The van der Waals surface area contributed by atoms with Gasteiger partial charge in [0.1, 0.15) is 11.5 Å². The van der Waals surface area contributed by atoms with Gasteiger partial charge in [-0.3, -0.25) is 4.84 Å². The largest absolute Gasteiger partial charge is 0.395 e. The highest BCUT2D eigenvalue weighted by atomic mass is 19.1. The maximum atomic E-state index is 12.9. The van der Waals surface area contributed by atoms with E-state index in [1.807, 2.05) is 0 Å². The van der Waals surface area contributed by atoms with Crippen molar-refractivity contribution in [2.24, 2.45) is 0 Å². The van der Waals surface area contributed by atoms with Crippen LogP contribution in [0.4, 0.5) is 4.39 Å². The standard InChI is InChI=1S/C13H15FN4O2/c1-17-11(8-19)6-13(20-17)18-7-12(15-16-18)9-2-4-10(14)5-3-9/h2-5,7,11,13,19H,6,8H2,1H3/t11-,13-/m1/s1. The lowest BCUT2D eigenvalue weighted by atomic mass is 10.2. The first-order valence-electron chi connectivity index (χ1n) is 6.35. The van der Waals surface area contributed by atoms with Gasteiger partial charge in [-0.15, -0.1) is 5.10 Å². The highest BCUT2D eigenvalue weighted by Crippen LogP contribution is 2.28. The summed E-state index contributed by atoms with van der Waals surface area (Å²) in [6.07, 6.45) is 2.11. The summed E-state index contributed by atoms with van der Waals surface area (Å²) in [4.78, 5) is 5.59. The fourth-order valence-electron chi connectivity index (χ4n) is 2.22. The first-order chi connectivity index (χ1) is 9.67. The number of benzene rings is 1. The lowest BCUT2D eigenvalue weighted by Crippen LogP contribution is -2.26. The molecule has 0 spiro atoms. The summed E-state index contributed by atoms with van der Waals surface area (Å²) in [5.41, 5.74) is 1.45. The number of nitrogens with zero attached hydrogens (tertiary/aromatic N) is 4. The minimum atomic E-state index is -0.285. The van der Waals surface area contributed by atoms with E-state index in [0.717, 1.165) is 5.56 Å². The fourth-order valence-corrected chi connectivity index (χ4v) is 2.22. The van der Waals surface area contributed by atoms with E-state index in [9.17, 15) is 9.50 Å². The van der Waals surface area contributed by atoms with Gasteiger partial charge >= 0.3 is 0 Å². The summed E-state index contributed by atoms with van der Waals surface area (Å²) in [5.74, 6) is -0.285. The molecule has 20 heavy (non-hydrogen) atoms. The van der Waals surface area contributed by atoms with Crippen LogP contribution in [0.2, 0.25) is 0 Å². The van der Waals surface area contributed by atoms with Crippen molar-refractivity contribution in [3.63, 3.8) is 0 Å². The van der Waals surface area contributed by atoms with Crippen LogP contribution in [0.25, 0.3) is 11.3 Å². The van der Waals surface area contributed by atoms with E-state index >= 15 is 0 Å². The van der Waals surface area contributed by atoms with E-state index in [1.54, 1.807) is 35.1 Å². The van der Waals surface area contributed by atoms with Crippen LogP contribution < -0.4 is 0 Å². The lowest BCUT2D eigenvalue weighted by Gasteiger charge is -2.13. The van der Waals surface area contributed by atoms with Crippen molar-refractivity contribution in [1.82, 2.24) is 20.1 Å². The van der Waals surface area contributed by atoms with Crippen LogP contribution in [-0.2, 0) is 4.84 Å². The minimum absolute atomic E-state index is 0.0342. The Morgan fingerprint density at radius 3 is 2.80 bits per heavy atom. The van der Waals surface area contributed by atoms with Crippen LogP contribution in [0.1, 0.15) is 12.6 Å². The van der Waals surface area contributed by atoms with E-state index in [1.165, 1.54) is 12.1 Å². The molecule has 106 valence electrons. The zero-order valence-electron chi connectivity index (χ0n) is 11.0. The monoisotopic (exact) mass is 278 g/mol. The van der Waals surface area contributed by atoms with Gasteiger partial charge < -0.3 is 5.11 Å². The van der Waals surface area contributed by atoms with Crippen molar-refractivity contribution in [3.05, 3.63) is 36.3 Å². The molecule has 0 aliphatic carbocycles. The molecule has 0 unspecified atom stereocenters. The molecular weight excluding hydrogens is 263 g/mol. The molecule has 1 aromatic heterocycles. The van der Waals surface area contributed by atoms with Crippen molar-refractivity contribution in [3.8, 4) is 11.3 Å². The van der Waals surface area contributed by atoms with E-state index in [-0.39, 0.29) is 24.7 Å². The summed E-state index contributed by atoms with van der Waals surface area (Å²) >= 11 is 0. The molecule has 1 aromatic carbocycles. The molecule has 0 amide bonds. The van der Waals surface area contributed by atoms with Gasteiger partial charge in [-0.05, 0) is 24.3 Å². The molecule has 2 atom stereocenters. The number of aliphatic hydroxyl groups is 1. The second-order valence-corrected chi connectivity index (χ2v) is 4.77. The Morgan fingerprint density at radius 2 is 2.15 bits per heavy atom. The Kier molecular flexibility index (Phi) is 3.47. The van der Waals surface area contributed by atoms with Crippen LogP contribution in [0.3, 0.4) is 0 Å². The molecule has 1 aliphatic heterocycles. The van der Waals surface area contributed by atoms with E-state index in [0.29, 0.717) is 12.1 Å². The van der Waals surface area contributed by atoms with Crippen molar-refractivity contribution in [2.75, 3.05) is 13.7 Å². The minimum Gasteiger partial charge on any atom is -0.395 e. The molecule has 6 nitrogen and oxygen atoms in total. The number of hydrogen-bond acceptors (Lipinski definition) is 5. The van der Waals surface area contributed by atoms with Crippen molar-refractivity contribution >= 4 is 0 Å². The normalized spacial score (nSPS) is 23.4. The van der Waals surface area contributed by atoms with Gasteiger partial charge in [-0.2, -0.15) is 5.06 Å². The Bertz CT molecular complexity index is 586. The van der Waals surface area contributed by atoms with Crippen molar-refractivity contribution in [2.45, 2.75) is 18.7 Å². The SMILES string of the molecule is CN1O[C@@H](n2cc(-c3ccc(F)cc3)nn2)C[C@@H]1CO. The molecule has 1 aliphatic rings. The third kappa shape index (κ3) is 2.43. The average molecular weight is 278 g/mol. The fraction of sp³-hybridized carbons (Fsp3) is 0.385. The Hall–Kier alpha value is -1.83. The molecule has 0 saturated carbocycles. The first-order valence-corrected chi connectivity index (χ1v) is 6.35. The van der Waals surface area contributed by atoms with Gasteiger partial charge in [0, 0.05) is 19.0 Å². The van der Waals surface area contributed by atoms with Crippen LogP contribution >= 0.6 is 0 Å². The molecule has 2 aromatic rings. The van der Waals surface area contributed by atoms with Gasteiger partial charge in [-0.1, -0.05) is 5.21 Å². The number of aliphatic hydroxyl groups excluding tert-OH is 1. The molecule has 7 heteroatoms. The second kappa shape index (κ2) is 5.28. The van der Waals surface area contributed by atoms with Crippen LogP contribution in [0.5, 0.6) is 0 Å². The highest BCUT2D eigenvalue weighted by molar-refractivity contribution is 5.57. The number of halogens is 1. The van der Waals surface area contributed by atoms with Crippen LogP contribution in [-0.4, -0.2) is 44.9 Å². The Balaban J connectivity index is 1.79. The molecule has 3 rings (SSSR count). The van der Waals surface area contributed by atoms with E-state index in [4.69, 9.17) is 4.84 Å². The maximum absolute atomic E-state index is 12.9. The number of likely N-dealkylation sites (N-methyl/N-ethyl adjacent to an activating group) is 1. The molecule has 0 radical (unpaired) electrons. The quantitative estimate of drug-likeness (QED) is 0.914. The third-order valence-electron chi connectivity index (χ3n) is 3.43. The summed E-state index contributed by atoms with van der Waals surface area (Å²) in [6.45, 7) is 0.0342. The maximum Gasteiger partial charge on any atom is 0.174 e. The zero-order valence-corrected chi connectivity index (χ0v) is 11.0. The van der Waals surface area contributed by atoms with Gasteiger partial charge in [0.2, 0.25) is 0 Å². The van der Waals surface area contributed by atoms with Crippen LogP contribution in [0.15, 0.2) is 30.5 Å². The second-order valence-electron chi connectivity index (χ2n) is 4.77. The predicted molar refractivity (Wildman–Crippen MR) is 68.8 cm³/mol. The van der Waals surface area contributed by atoms with Gasteiger partial charge in [-0.25, -0.2) is 9.07 Å². The highest BCUT2D eigenvalue weighted by Gasteiger charge is 2.32. The lowest BCUT2D eigenvalue weighted by molar-refractivity contribution is -0.172. The third-order valence-corrected chi connectivity index (χ3v) is 3.43. The van der Waals surface area contributed by atoms with E-state index < -0.39 is 0 Å². The smallest absolute Gasteiger partial charge is 0.174 e. The molecule has 1 N–H and O–H groups in total. The predicted octanol–water partition coefficient (Wildman–Crippen LogP) is 1.21. The molecule has 1 saturated heterocycles. The summed E-state index contributed by atoms with van der Waals surface area (Å²) in [7, 11) is 1.78. The average Bonchev–Trinajstić information content (AvgIpc) is 3.06. The zero-order chi connectivity index (χ0) is 14.1. The van der Waals surface area contributed by atoms with Gasteiger partial charge in [0.25, 0.3) is 0 Å². The number of hydroxylamine groups is 2. The number of aromatic nitrogens is 3. The topological polar surface area (TPSA) is 63.4 Å². The number of hydrogen-bond donors (Lipinski definition) is 1. The summed E-state index contributed by atoms with van der Waals surface area (Å²) in [5, 5.41) is 18.9. The Labute approximate surface area is 115 Å². The summed E-state index contributed by atoms with van der Waals surface area (Å²) < 4.78 is 14.5. The van der Waals surface area contributed by atoms with Crippen LogP contribution in [0, 0.1) is 5.82 Å².